The molecule has 7 heteroatoms. The highest BCUT2D eigenvalue weighted by Gasteiger charge is 2.31. The van der Waals surface area contributed by atoms with Crippen LogP contribution in [0.15, 0.2) is 29.3 Å². The largest absolute Gasteiger partial charge is 0.368 e. The van der Waals surface area contributed by atoms with Gasteiger partial charge >= 0.3 is 0 Å². The van der Waals surface area contributed by atoms with Gasteiger partial charge in [-0.05, 0) is 57.2 Å². The average Bonchev–Trinajstić information content (AvgIpc) is 3.37. The number of amides is 1. The van der Waals surface area contributed by atoms with E-state index in [1.807, 2.05) is 24.3 Å². The molecule has 0 aliphatic carbocycles. The minimum absolute atomic E-state index is 0.0620. The number of likely N-dealkylation sites (tertiary alicyclic amines) is 1. The maximum absolute atomic E-state index is 12.3. The molecule has 2 aliphatic heterocycles. The molecule has 3 N–H and O–H groups in total. The Morgan fingerprint density at radius 2 is 2.17 bits per heavy atom. The lowest BCUT2D eigenvalue weighted by atomic mass is 10.1. The molecule has 2 aliphatic rings. The lowest BCUT2D eigenvalue weighted by Gasteiger charge is -2.22. The Kier molecular flexibility index (Phi) is 8.10. The Labute approximate surface area is 180 Å². The summed E-state index contributed by atoms with van der Waals surface area (Å²) in [4.78, 5) is 19.6. The first-order chi connectivity index (χ1) is 14.5. The summed E-state index contributed by atoms with van der Waals surface area (Å²) in [5, 5.41) is 9.95. The van der Waals surface area contributed by atoms with E-state index in [9.17, 15) is 4.79 Å². The Balaban J connectivity index is 1.59. The molecular weight excluding hydrogens is 378 g/mol. The normalized spacial score (nSPS) is 25.0. The van der Waals surface area contributed by atoms with Gasteiger partial charge in [0.05, 0.1) is 6.54 Å². The summed E-state index contributed by atoms with van der Waals surface area (Å²) in [5.74, 6) is 1.36. The zero-order valence-electron chi connectivity index (χ0n) is 18.8. The summed E-state index contributed by atoms with van der Waals surface area (Å²) in [5.41, 5.74) is 1.85. The molecular formula is C23H37N5O2. The van der Waals surface area contributed by atoms with E-state index in [0.29, 0.717) is 31.2 Å². The standard InChI is InChI=1S/C23H37N5O2/c1-5-24-23(27-20-15-28(16(2)3)14-17(20)4)25-13-18-8-6-9-19(12-18)26-22(29)21-10-7-11-30-21/h6,8-9,12,16-17,20-21H,5,7,10-11,13-15H2,1-4H3,(H,26,29)(H2,24,25,27). The molecule has 30 heavy (non-hydrogen) atoms. The van der Waals surface area contributed by atoms with Crippen LogP contribution in [0.5, 0.6) is 0 Å². The molecule has 2 fully saturated rings. The third kappa shape index (κ3) is 6.19. The number of ether oxygens (including phenoxy) is 1. The van der Waals surface area contributed by atoms with E-state index in [-0.39, 0.29) is 12.0 Å². The molecule has 0 radical (unpaired) electrons. The second kappa shape index (κ2) is 10.8. The van der Waals surface area contributed by atoms with Gasteiger partial charge in [0.1, 0.15) is 6.10 Å². The van der Waals surface area contributed by atoms with Crippen LogP contribution >= 0.6 is 0 Å². The van der Waals surface area contributed by atoms with Gasteiger partial charge < -0.3 is 20.7 Å². The third-order valence-electron chi connectivity index (χ3n) is 5.87. The molecule has 1 aromatic carbocycles. The highest BCUT2D eigenvalue weighted by atomic mass is 16.5. The fourth-order valence-electron chi connectivity index (χ4n) is 4.03. The van der Waals surface area contributed by atoms with Crippen LogP contribution in [-0.2, 0) is 16.1 Å². The average molecular weight is 416 g/mol. The first-order valence-corrected chi connectivity index (χ1v) is 11.3. The van der Waals surface area contributed by atoms with Crippen LogP contribution in [-0.4, -0.2) is 61.2 Å². The van der Waals surface area contributed by atoms with Crippen LogP contribution in [0.2, 0.25) is 0 Å². The number of hydrogen-bond acceptors (Lipinski definition) is 4. The number of benzene rings is 1. The quantitative estimate of drug-likeness (QED) is 0.471. The van der Waals surface area contributed by atoms with Gasteiger partial charge in [0, 0.05) is 44.0 Å². The van der Waals surface area contributed by atoms with Crippen molar-refractivity contribution in [2.75, 3.05) is 31.6 Å². The molecule has 2 saturated heterocycles. The van der Waals surface area contributed by atoms with Crippen LogP contribution in [0, 0.1) is 5.92 Å². The number of carbonyl (C=O) groups excluding carboxylic acids is 1. The first kappa shape index (κ1) is 22.6. The molecule has 7 nitrogen and oxygen atoms in total. The van der Waals surface area contributed by atoms with E-state index in [0.717, 1.165) is 49.7 Å². The smallest absolute Gasteiger partial charge is 0.253 e. The number of rotatable bonds is 7. The minimum atomic E-state index is -0.324. The highest BCUT2D eigenvalue weighted by Crippen LogP contribution is 2.19. The van der Waals surface area contributed by atoms with E-state index in [4.69, 9.17) is 9.73 Å². The molecule has 0 bridgehead atoms. The van der Waals surface area contributed by atoms with Gasteiger partial charge in [-0.2, -0.15) is 0 Å². The number of anilines is 1. The van der Waals surface area contributed by atoms with Crippen molar-refractivity contribution in [1.82, 2.24) is 15.5 Å². The van der Waals surface area contributed by atoms with Crippen molar-refractivity contribution in [1.29, 1.82) is 0 Å². The number of nitrogens with zero attached hydrogens (tertiary/aromatic N) is 2. The maximum Gasteiger partial charge on any atom is 0.253 e. The summed E-state index contributed by atoms with van der Waals surface area (Å²) in [6.07, 6.45) is 1.41. The van der Waals surface area contributed by atoms with E-state index in [2.05, 4.69) is 48.5 Å². The van der Waals surface area contributed by atoms with Crippen molar-refractivity contribution in [3.05, 3.63) is 29.8 Å². The van der Waals surface area contributed by atoms with Crippen LogP contribution in [0.3, 0.4) is 0 Å². The summed E-state index contributed by atoms with van der Waals surface area (Å²) in [7, 11) is 0. The van der Waals surface area contributed by atoms with Gasteiger partial charge in [-0.1, -0.05) is 19.1 Å². The fourth-order valence-corrected chi connectivity index (χ4v) is 4.03. The molecule has 3 atom stereocenters. The maximum atomic E-state index is 12.3. The second-order valence-electron chi connectivity index (χ2n) is 8.66. The van der Waals surface area contributed by atoms with Crippen molar-refractivity contribution >= 4 is 17.6 Å². The van der Waals surface area contributed by atoms with Crippen LogP contribution in [0.4, 0.5) is 5.69 Å². The minimum Gasteiger partial charge on any atom is -0.368 e. The van der Waals surface area contributed by atoms with E-state index in [1.165, 1.54) is 0 Å². The Hall–Kier alpha value is -2.12. The lowest BCUT2D eigenvalue weighted by molar-refractivity contribution is -0.124. The molecule has 0 spiro atoms. The van der Waals surface area contributed by atoms with Crippen LogP contribution < -0.4 is 16.0 Å². The van der Waals surface area contributed by atoms with Crippen LogP contribution in [0.25, 0.3) is 0 Å². The van der Waals surface area contributed by atoms with E-state index < -0.39 is 0 Å². The number of carbonyl (C=O) groups is 1. The second-order valence-corrected chi connectivity index (χ2v) is 8.66. The topological polar surface area (TPSA) is 78.0 Å². The molecule has 2 heterocycles. The van der Waals surface area contributed by atoms with Crippen LogP contribution in [0.1, 0.15) is 46.1 Å². The molecule has 0 aromatic heterocycles. The van der Waals surface area contributed by atoms with Crippen molar-refractivity contribution in [2.45, 2.75) is 65.3 Å². The van der Waals surface area contributed by atoms with Gasteiger partial charge in [-0.15, -0.1) is 0 Å². The summed E-state index contributed by atoms with van der Waals surface area (Å²) < 4.78 is 5.46. The van der Waals surface area contributed by atoms with Gasteiger partial charge in [0.2, 0.25) is 0 Å². The molecule has 3 unspecified atom stereocenters. The predicted molar refractivity (Wildman–Crippen MR) is 122 cm³/mol. The van der Waals surface area contributed by atoms with Crippen molar-refractivity contribution in [3.8, 4) is 0 Å². The molecule has 1 aromatic rings. The summed E-state index contributed by atoms with van der Waals surface area (Å²) in [6, 6.07) is 8.83. The molecule has 3 rings (SSSR count). The summed E-state index contributed by atoms with van der Waals surface area (Å²) >= 11 is 0. The number of nitrogens with one attached hydrogen (secondary N) is 3. The molecule has 1 amide bonds. The fraction of sp³-hybridized carbons (Fsp3) is 0.652. The Morgan fingerprint density at radius 3 is 2.83 bits per heavy atom. The van der Waals surface area contributed by atoms with Gasteiger partial charge in [0.25, 0.3) is 5.91 Å². The monoisotopic (exact) mass is 415 g/mol. The third-order valence-corrected chi connectivity index (χ3v) is 5.87. The van der Waals surface area contributed by atoms with E-state index in [1.54, 1.807) is 0 Å². The van der Waals surface area contributed by atoms with Gasteiger partial charge in [0.15, 0.2) is 5.96 Å². The van der Waals surface area contributed by atoms with E-state index >= 15 is 0 Å². The SMILES string of the molecule is CCNC(=NCc1cccc(NC(=O)C2CCCO2)c1)NC1CN(C(C)C)CC1C. The first-order valence-electron chi connectivity index (χ1n) is 11.3. The Morgan fingerprint density at radius 1 is 1.33 bits per heavy atom. The van der Waals surface area contributed by atoms with Crippen molar-refractivity contribution in [2.24, 2.45) is 10.9 Å². The zero-order chi connectivity index (χ0) is 21.5. The number of guanidine groups is 1. The molecule has 0 saturated carbocycles. The van der Waals surface area contributed by atoms with Crippen molar-refractivity contribution in [3.63, 3.8) is 0 Å². The van der Waals surface area contributed by atoms with Crippen molar-refractivity contribution < 1.29 is 9.53 Å². The predicted octanol–water partition coefficient (Wildman–Crippen LogP) is 2.59. The number of aliphatic imine (C=N–C) groups is 1. The van der Waals surface area contributed by atoms with Gasteiger partial charge in [-0.3, -0.25) is 9.69 Å². The molecule has 166 valence electrons. The zero-order valence-corrected chi connectivity index (χ0v) is 18.8. The summed E-state index contributed by atoms with van der Waals surface area (Å²) in [6.45, 7) is 13.1. The number of hydrogen-bond donors (Lipinski definition) is 3. The van der Waals surface area contributed by atoms with Gasteiger partial charge in [-0.25, -0.2) is 4.99 Å². The Bertz CT molecular complexity index is 730. The lowest BCUT2D eigenvalue weighted by Crippen LogP contribution is -2.46. The highest BCUT2D eigenvalue weighted by molar-refractivity contribution is 5.94.